The molecule has 0 bridgehead atoms. The van der Waals surface area contributed by atoms with Crippen molar-refractivity contribution < 1.29 is 44.2 Å². The molecule has 0 aromatic heterocycles. The second-order valence-electron chi connectivity index (χ2n) is 5.69. The Balaban J connectivity index is 3.27. The number of hydrogen-bond donors (Lipinski definition) is 5. The first-order chi connectivity index (χ1) is 11.7. The van der Waals surface area contributed by atoms with Gasteiger partial charge in [0, 0.05) is 20.5 Å². The molecule has 10 heteroatoms. The number of rotatable bonds is 9. The zero-order chi connectivity index (χ0) is 19.2. The lowest BCUT2D eigenvalue weighted by atomic mass is 9.88. The van der Waals surface area contributed by atoms with Crippen molar-refractivity contribution in [3.8, 4) is 0 Å². The third kappa shape index (κ3) is 4.97. The van der Waals surface area contributed by atoms with E-state index in [1.165, 1.54) is 20.1 Å². The van der Waals surface area contributed by atoms with Crippen LogP contribution in [0.1, 0.15) is 13.3 Å². The molecule has 10 nitrogen and oxygen atoms in total. The highest BCUT2D eigenvalue weighted by molar-refractivity contribution is 5.76. The van der Waals surface area contributed by atoms with Crippen LogP contribution in [0.2, 0.25) is 0 Å². The number of ether oxygens (including phenoxy) is 3. The predicted octanol–water partition coefficient (Wildman–Crippen LogP) is -2.01. The Hall–Kier alpha value is -1.56. The summed E-state index contributed by atoms with van der Waals surface area (Å²) >= 11 is 0. The second kappa shape index (κ2) is 9.22. The van der Waals surface area contributed by atoms with E-state index in [-0.39, 0.29) is 13.0 Å². The van der Waals surface area contributed by atoms with Crippen LogP contribution in [0.5, 0.6) is 0 Å². The average Bonchev–Trinajstić information content (AvgIpc) is 2.58. The zero-order valence-corrected chi connectivity index (χ0v) is 14.1. The maximum atomic E-state index is 11.8. The monoisotopic (exact) mass is 363 g/mol. The van der Waals surface area contributed by atoms with E-state index in [1.54, 1.807) is 0 Å². The van der Waals surface area contributed by atoms with Crippen molar-refractivity contribution in [1.82, 2.24) is 5.32 Å². The molecule has 1 aliphatic rings. The summed E-state index contributed by atoms with van der Waals surface area (Å²) in [5.74, 6) is -4.11. The first-order valence-corrected chi connectivity index (χ1v) is 7.65. The minimum atomic E-state index is -2.18. The number of carbonyl (C=O) groups excluding carboxylic acids is 1. The standard InChI is InChI=1S/C15H25NO9/c1-4-5-24-15(14(21)22)6-10(23-3)11(16-8(2)18)13(25-15)12(20)9(19)7-17/h4,9-13,17,19-20H,1,5-7H2,2-3H3,(H,16,18)(H,21,22)/t9-,10+,11-,12-,13-,15-/m1/s1. The molecule has 6 atom stereocenters. The van der Waals surface area contributed by atoms with Gasteiger partial charge in [0.15, 0.2) is 0 Å². The van der Waals surface area contributed by atoms with Crippen molar-refractivity contribution in [3.05, 3.63) is 12.7 Å². The molecule has 0 spiro atoms. The van der Waals surface area contributed by atoms with Crippen LogP contribution in [0, 0.1) is 0 Å². The van der Waals surface area contributed by atoms with E-state index in [0.717, 1.165) is 0 Å². The highest BCUT2D eigenvalue weighted by Crippen LogP contribution is 2.34. The number of aliphatic hydroxyl groups is 3. The Morgan fingerprint density at radius 2 is 2.12 bits per heavy atom. The van der Waals surface area contributed by atoms with E-state index in [0.29, 0.717) is 0 Å². The SMILES string of the molecule is C=CCO[C@]1(C(=O)O)C[C@H](OC)[C@@H](NC(C)=O)[C@H]([C@H](O)[C@H](O)CO)O1. The number of carbonyl (C=O) groups is 2. The van der Waals surface area contributed by atoms with Gasteiger partial charge in [0.25, 0.3) is 5.79 Å². The van der Waals surface area contributed by atoms with Gasteiger partial charge in [-0.1, -0.05) is 6.08 Å². The van der Waals surface area contributed by atoms with E-state index in [1.807, 2.05) is 0 Å². The van der Waals surface area contributed by atoms with Crippen LogP contribution in [0.4, 0.5) is 0 Å². The van der Waals surface area contributed by atoms with Crippen LogP contribution in [-0.4, -0.2) is 88.9 Å². The van der Waals surface area contributed by atoms with Crippen LogP contribution < -0.4 is 5.32 Å². The highest BCUT2D eigenvalue weighted by atomic mass is 16.7. The molecule has 25 heavy (non-hydrogen) atoms. The lowest BCUT2D eigenvalue weighted by Gasteiger charge is -2.47. The first-order valence-electron chi connectivity index (χ1n) is 7.65. The molecular weight excluding hydrogens is 338 g/mol. The smallest absolute Gasteiger partial charge is 0.364 e. The van der Waals surface area contributed by atoms with Crippen molar-refractivity contribution in [1.29, 1.82) is 0 Å². The van der Waals surface area contributed by atoms with Gasteiger partial charge in [-0.15, -0.1) is 6.58 Å². The maximum absolute atomic E-state index is 11.8. The van der Waals surface area contributed by atoms with E-state index in [2.05, 4.69) is 11.9 Å². The molecule has 1 aliphatic heterocycles. The molecule has 0 aromatic carbocycles. The topological polar surface area (TPSA) is 155 Å². The van der Waals surface area contributed by atoms with Crippen molar-refractivity contribution in [3.63, 3.8) is 0 Å². The van der Waals surface area contributed by atoms with Gasteiger partial charge in [0.1, 0.15) is 18.3 Å². The third-order valence-corrected chi connectivity index (χ3v) is 3.90. The lowest BCUT2D eigenvalue weighted by Crippen LogP contribution is -2.68. The van der Waals surface area contributed by atoms with Crippen LogP contribution in [0.3, 0.4) is 0 Å². The fourth-order valence-electron chi connectivity index (χ4n) is 2.68. The third-order valence-electron chi connectivity index (χ3n) is 3.90. The number of amides is 1. The number of methoxy groups -OCH3 is 1. The second-order valence-corrected chi connectivity index (χ2v) is 5.69. The van der Waals surface area contributed by atoms with Crippen molar-refractivity contribution in [2.45, 2.75) is 49.6 Å². The summed E-state index contributed by atoms with van der Waals surface area (Å²) in [6, 6.07) is -0.974. The fraction of sp³-hybridized carbons (Fsp3) is 0.733. The van der Waals surface area contributed by atoms with Crippen LogP contribution in [-0.2, 0) is 23.8 Å². The summed E-state index contributed by atoms with van der Waals surface area (Å²) in [6.45, 7) is 3.72. The molecule has 1 amide bonds. The molecule has 144 valence electrons. The Morgan fingerprint density at radius 1 is 1.48 bits per heavy atom. The molecule has 1 saturated heterocycles. The van der Waals surface area contributed by atoms with Gasteiger partial charge in [-0.3, -0.25) is 4.79 Å². The largest absolute Gasteiger partial charge is 0.477 e. The predicted molar refractivity (Wildman–Crippen MR) is 83.5 cm³/mol. The summed E-state index contributed by atoms with van der Waals surface area (Å²) in [5.41, 5.74) is 0. The van der Waals surface area contributed by atoms with Gasteiger partial charge in [0.2, 0.25) is 5.91 Å². The van der Waals surface area contributed by atoms with Gasteiger partial charge in [-0.25, -0.2) is 4.79 Å². The van der Waals surface area contributed by atoms with Gasteiger partial charge < -0.3 is 40.0 Å². The first kappa shape index (κ1) is 21.5. The molecule has 5 N–H and O–H groups in total. The summed E-state index contributed by atoms with van der Waals surface area (Å²) < 4.78 is 16.0. The molecular formula is C15H25NO9. The van der Waals surface area contributed by atoms with Crippen molar-refractivity contribution in [2.75, 3.05) is 20.3 Å². The molecule has 0 saturated carbocycles. The number of aliphatic hydroxyl groups excluding tert-OH is 3. The molecule has 1 rings (SSSR count). The van der Waals surface area contributed by atoms with Crippen LogP contribution in [0.15, 0.2) is 12.7 Å². The van der Waals surface area contributed by atoms with E-state index < -0.39 is 54.7 Å². The average molecular weight is 363 g/mol. The Bertz CT molecular complexity index is 486. The summed E-state index contributed by atoms with van der Waals surface area (Å²) in [7, 11) is 1.30. The normalized spacial score (nSPS) is 31.8. The summed E-state index contributed by atoms with van der Waals surface area (Å²) in [6.07, 6.45) is -4.59. The zero-order valence-electron chi connectivity index (χ0n) is 14.1. The van der Waals surface area contributed by atoms with Crippen molar-refractivity contribution >= 4 is 11.9 Å². The van der Waals surface area contributed by atoms with E-state index >= 15 is 0 Å². The number of carboxylic acid groups (broad SMARTS) is 1. The van der Waals surface area contributed by atoms with Crippen molar-refractivity contribution in [2.24, 2.45) is 0 Å². The number of hydrogen-bond acceptors (Lipinski definition) is 8. The van der Waals surface area contributed by atoms with Gasteiger partial charge in [0.05, 0.1) is 25.4 Å². The fourth-order valence-corrected chi connectivity index (χ4v) is 2.68. The number of nitrogens with one attached hydrogen (secondary N) is 1. The van der Waals surface area contributed by atoms with Gasteiger partial charge >= 0.3 is 5.97 Å². The molecule has 0 aliphatic carbocycles. The maximum Gasteiger partial charge on any atom is 0.364 e. The van der Waals surface area contributed by atoms with E-state index in [9.17, 15) is 24.9 Å². The van der Waals surface area contributed by atoms with Crippen LogP contribution in [0.25, 0.3) is 0 Å². The molecule has 0 unspecified atom stereocenters. The highest BCUT2D eigenvalue weighted by Gasteiger charge is 2.56. The van der Waals surface area contributed by atoms with Gasteiger partial charge in [-0.05, 0) is 0 Å². The summed E-state index contributed by atoms with van der Waals surface area (Å²) in [4.78, 5) is 23.2. The molecule has 0 aromatic rings. The molecule has 1 fully saturated rings. The minimum absolute atomic E-state index is 0.154. The molecule has 0 radical (unpaired) electrons. The summed E-state index contributed by atoms with van der Waals surface area (Å²) in [5, 5.41) is 41.2. The lowest BCUT2D eigenvalue weighted by molar-refractivity contribution is -0.310. The quantitative estimate of drug-likeness (QED) is 0.292. The Morgan fingerprint density at radius 3 is 2.56 bits per heavy atom. The Kier molecular flexibility index (Phi) is 7.93. The number of aliphatic carboxylic acids is 1. The van der Waals surface area contributed by atoms with Crippen LogP contribution >= 0.6 is 0 Å². The minimum Gasteiger partial charge on any atom is -0.477 e. The van der Waals surface area contributed by atoms with E-state index in [4.69, 9.17) is 19.3 Å². The molecule has 1 heterocycles. The Labute approximate surface area is 145 Å². The number of carboxylic acids is 1. The van der Waals surface area contributed by atoms with Gasteiger partial charge in [-0.2, -0.15) is 0 Å².